The van der Waals surface area contributed by atoms with Gasteiger partial charge in [-0.25, -0.2) is 13.4 Å². The van der Waals surface area contributed by atoms with Gasteiger partial charge in [-0.05, 0) is 18.2 Å². The maximum absolute atomic E-state index is 12.2. The number of rotatable bonds is 1. The molecular weight excluding hydrogens is 330 g/mol. The second-order valence-electron chi connectivity index (χ2n) is 4.95. The predicted octanol–water partition coefficient (Wildman–Crippen LogP) is 2.98. The number of para-hydroxylation sites is 1. The number of nitriles is 1. The van der Waals surface area contributed by atoms with Crippen LogP contribution in [0.4, 0.5) is 0 Å². The third-order valence-electron chi connectivity index (χ3n) is 3.55. The Morgan fingerprint density at radius 3 is 2.65 bits per heavy atom. The Balaban J connectivity index is 2.00. The Hall–Kier alpha value is -2.69. The summed E-state index contributed by atoms with van der Waals surface area (Å²) >= 11 is 1.37. The zero-order chi connectivity index (χ0) is 16.0. The molecule has 0 amide bonds. The number of nitrogens with zero attached hydrogens (tertiary/aromatic N) is 2. The summed E-state index contributed by atoms with van der Waals surface area (Å²) in [4.78, 5) is 4.64. The van der Waals surface area contributed by atoms with Gasteiger partial charge in [0.05, 0.1) is 20.8 Å². The Morgan fingerprint density at radius 1 is 1.13 bits per heavy atom. The summed E-state index contributed by atoms with van der Waals surface area (Å²) in [5, 5.41) is 10.1. The summed E-state index contributed by atoms with van der Waals surface area (Å²) in [5.41, 5.74) is 1.82. The molecule has 1 aliphatic rings. The van der Waals surface area contributed by atoms with Crippen LogP contribution in [0, 0.1) is 11.3 Å². The summed E-state index contributed by atoms with van der Waals surface area (Å²) in [6.07, 6.45) is 0. The maximum atomic E-state index is 12.2. The average Bonchev–Trinajstić information content (AvgIpc) is 3.08. The molecule has 0 aliphatic carbocycles. The summed E-state index contributed by atoms with van der Waals surface area (Å²) in [5.74, 6) is 0. The number of hydrogen-bond acceptors (Lipinski definition) is 5. The quantitative estimate of drug-likeness (QED) is 0.691. The van der Waals surface area contributed by atoms with Crippen LogP contribution in [0.2, 0.25) is 0 Å². The highest BCUT2D eigenvalue weighted by atomic mass is 32.2. The Kier molecular flexibility index (Phi) is 2.98. The molecule has 0 saturated heterocycles. The minimum atomic E-state index is -3.63. The van der Waals surface area contributed by atoms with Crippen molar-refractivity contribution in [3.8, 4) is 6.07 Å². The molecule has 2 aromatic carbocycles. The van der Waals surface area contributed by atoms with Crippen LogP contribution in [0.3, 0.4) is 0 Å². The monoisotopic (exact) mass is 339 g/mol. The molecular formula is C16H9N3O2S2. The van der Waals surface area contributed by atoms with Crippen LogP contribution in [0.1, 0.15) is 10.6 Å². The van der Waals surface area contributed by atoms with Crippen molar-refractivity contribution >= 4 is 42.8 Å². The van der Waals surface area contributed by atoms with E-state index in [0.717, 1.165) is 10.2 Å². The van der Waals surface area contributed by atoms with Gasteiger partial charge in [0.25, 0.3) is 10.0 Å². The first-order chi connectivity index (χ1) is 11.1. The van der Waals surface area contributed by atoms with Gasteiger partial charge >= 0.3 is 0 Å². The molecule has 7 heteroatoms. The van der Waals surface area contributed by atoms with Gasteiger partial charge in [0.2, 0.25) is 0 Å². The lowest BCUT2D eigenvalue weighted by atomic mass is 10.1. The number of allylic oxidation sites excluding steroid dienone is 1. The first kappa shape index (κ1) is 13.9. The van der Waals surface area contributed by atoms with Crippen LogP contribution < -0.4 is 4.72 Å². The third kappa shape index (κ3) is 2.11. The van der Waals surface area contributed by atoms with Crippen molar-refractivity contribution in [3.63, 3.8) is 0 Å². The van der Waals surface area contributed by atoms with Crippen molar-refractivity contribution in [2.75, 3.05) is 0 Å². The van der Waals surface area contributed by atoms with E-state index in [2.05, 4.69) is 15.8 Å². The SMILES string of the molecule is N#C/C(=C1/NS(=O)(=O)c2ccccc21)c1nc2ccccc2s1. The number of hydrogen-bond donors (Lipinski definition) is 1. The summed E-state index contributed by atoms with van der Waals surface area (Å²) in [7, 11) is -3.63. The van der Waals surface area contributed by atoms with Gasteiger partial charge in [0, 0.05) is 5.56 Å². The van der Waals surface area contributed by atoms with Crippen molar-refractivity contribution in [3.05, 3.63) is 59.1 Å². The highest BCUT2D eigenvalue weighted by Crippen LogP contribution is 2.36. The summed E-state index contributed by atoms with van der Waals surface area (Å²) in [6.45, 7) is 0. The van der Waals surface area contributed by atoms with E-state index in [9.17, 15) is 13.7 Å². The molecule has 0 spiro atoms. The van der Waals surface area contributed by atoms with Crippen LogP contribution in [-0.4, -0.2) is 13.4 Å². The number of sulfonamides is 1. The number of benzene rings is 2. The lowest BCUT2D eigenvalue weighted by Gasteiger charge is -2.01. The minimum absolute atomic E-state index is 0.184. The van der Waals surface area contributed by atoms with E-state index < -0.39 is 10.0 Å². The van der Waals surface area contributed by atoms with Gasteiger partial charge in [0.1, 0.15) is 16.6 Å². The number of nitrogens with one attached hydrogen (secondary N) is 1. The Labute approximate surface area is 136 Å². The van der Waals surface area contributed by atoms with Gasteiger partial charge in [-0.3, -0.25) is 4.72 Å². The van der Waals surface area contributed by atoms with Gasteiger partial charge in [-0.1, -0.05) is 30.3 Å². The highest BCUT2D eigenvalue weighted by molar-refractivity contribution is 7.90. The van der Waals surface area contributed by atoms with Crippen molar-refractivity contribution in [2.45, 2.75) is 4.90 Å². The first-order valence-corrected chi connectivity index (χ1v) is 9.03. The van der Waals surface area contributed by atoms with Crippen molar-refractivity contribution in [2.24, 2.45) is 0 Å². The molecule has 0 bridgehead atoms. The third-order valence-corrected chi connectivity index (χ3v) is 6.01. The zero-order valence-electron chi connectivity index (χ0n) is 11.6. The molecule has 0 unspecified atom stereocenters. The molecule has 1 N–H and O–H groups in total. The summed E-state index contributed by atoms with van der Waals surface area (Å²) in [6, 6.07) is 16.3. The van der Waals surface area contributed by atoms with E-state index in [1.165, 1.54) is 17.4 Å². The van der Waals surface area contributed by atoms with Crippen molar-refractivity contribution in [1.82, 2.24) is 9.71 Å². The van der Waals surface area contributed by atoms with Crippen molar-refractivity contribution in [1.29, 1.82) is 5.26 Å². The standard InChI is InChI=1S/C16H9N3O2S2/c17-9-11(16-18-12-6-2-3-7-13(12)22-16)15-10-5-1-4-8-14(10)23(20,21)19-15/h1-8,19H/b15-11-. The first-order valence-electron chi connectivity index (χ1n) is 6.73. The molecule has 112 valence electrons. The van der Waals surface area contributed by atoms with Gasteiger partial charge in [-0.15, -0.1) is 11.3 Å². The smallest absolute Gasteiger partial charge is 0.262 e. The van der Waals surface area contributed by atoms with Gasteiger partial charge in [-0.2, -0.15) is 5.26 Å². The molecule has 2 heterocycles. The van der Waals surface area contributed by atoms with E-state index in [1.807, 2.05) is 24.3 Å². The van der Waals surface area contributed by atoms with Crippen LogP contribution >= 0.6 is 11.3 Å². The number of aromatic nitrogens is 1. The largest absolute Gasteiger partial charge is 0.277 e. The molecule has 0 atom stereocenters. The van der Waals surface area contributed by atoms with E-state index >= 15 is 0 Å². The predicted molar refractivity (Wildman–Crippen MR) is 88.8 cm³/mol. The molecule has 4 rings (SSSR count). The molecule has 0 radical (unpaired) electrons. The Bertz CT molecular complexity index is 1090. The molecule has 1 aliphatic heterocycles. The average molecular weight is 339 g/mol. The summed E-state index contributed by atoms with van der Waals surface area (Å²) < 4.78 is 27.9. The fraction of sp³-hybridized carbons (Fsp3) is 0. The molecule has 5 nitrogen and oxygen atoms in total. The number of fused-ring (bicyclic) bond motifs is 2. The second kappa shape index (κ2) is 4.91. The Morgan fingerprint density at radius 2 is 1.87 bits per heavy atom. The fourth-order valence-corrected chi connectivity index (χ4v) is 4.80. The highest BCUT2D eigenvalue weighted by Gasteiger charge is 2.32. The molecule has 0 fully saturated rings. The normalized spacial score (nSPS) is 17.3. The van der Waals surface area contributed by atoms with Gasteiger partial charge in [0.15, 0.2) is 0 Å². The van der Waals surface area contributed by atoms with E-state index in [1.54, 1.807) is 18.2 Å². The minimum Gasteiger partial charge on any atom is -0.277 e. The lowest BCUT2D eigenvalue weighted by molar-refractivity contribution is 0.594. The van der Waals surface area contributed by atoms with E-state index in [-0.39, 0.29) is 10.5 Å². The van der Waals surface area contributed by atoms with Crippen LogP contribution in [0.25, 0.3) is 21.5 Å². The van der Waals surface area contributed by atoms with Gasteiger partial charge < -0.3 is 0 Å². The molecule has 0 saturated carbocycles. The van der Waals surface area contributed by atoms with Crippen molar-refractivity contribution < 1.29 is 8.42 Å². The van der Waals surface area contributed by atoms with Crippen LogP contribution in [0.15, 0.2) is 53.4 Å². The van der Waals surface area contributed by atoms with Crippen LogP contribution in [-0.2, 0) is 10.0 Å². The molecule has 23 heavy (non-hydrogen) atoms. The molecule has 1 aromatic heterocycles. The number of thiazole rings is 1. The zero-order valence-corrected chi connectivity index (χ0v) is 13.3. The maximum Gasteiger partial charge on any atom is 0.262 e. The fourth-order valence-electron chi connectivity index (χ4n) is 2.53. The van der Waals surface area contributed by atoms with E-state index in [4.69, 9.17) is 0 Å². The topological polar surface area (TPSA) is 82.9 Å². The van der Waals surface area contributed by atoms with E-state index in [0.29, 0.717) is 16.3 Å². The second-order valence-corrected chi connectivity index (χ2v) is 7.63. The van der Waals surface area contributed by atoms with Crippen LogP contribution in [0.5, 0.6) is 0 Å². The molecule has 3 aromatic rings. The lowest BCUT2D eigenvalue weighted by Crippen LogP contribution is -2.14.